The Labute approximate surface area is 169 Å². The molecule has 1 heterocycles. The van der Waals surface area contributed by atoms with Crippen molar-refractivity contribution in [2.75, 3.05) is 5.75 Å². The molecule has 7 nitrogen and oxygen atoms in total. The zero-order valence-electron chi connectivity index (χ0n) is 16.4. The molecule has 8 heteroatoms. The maximum absolute atomic E-state index is 12.2. The molecule has 0 saturated heterocycles. The molecule has 1 saturated carbocycles. The van der Waals surface area contributed by atoms with Crippen LogP contribution in [0.5, 0.6) is 0 Å². The largest absolute Gasteiger partial charge is 0.335 e. The van der Waals surface area contributed by atoms with E-state index in [2.05, 4.69) is 27.8 Å². The normalized spacial score (nSPS) is 19.2. The summed E-state index contributed by atoms with van der Waals surface area (Å²) in [6.45, 7) is 4.85. The Hall–Kier alpha value is -2.35. The molecule has 1 aliphatic carbocycles. The predicted octanol–water partition coefficient (Wildman–Crippen LogP) is 3.46. The SMILES string of the molecule is CCn1c(SCC(=O)NC(=O)NC2CCCCC2C)nnc1-c1ccccc1. The number of carbonyl (C=O) groups is 2. The van der Waals surface area contributed by atoms with Gasteiger partial charge in [-0.15, -0.1) is 10.2 Å². The first-order valence-electron chi connectivity index (χ1n) is 9.80. The summed E-state index contributed by atoms with van der Waals surface area (Å²) in [7, 11) is 0. The lowest BCUT2D eigenvalue weighted by atomic mass is 9.86. The summed E-state index contributed by atoms with van der Waals surface area (Å²) in [4.78, 5) is 24.3. The monoisotopic (exact) mass is 401 g/mol. The summed E-state index contributed by atoms with van der Waals surface area (Å²) in [6, 6.07) is 9.56. The lowest BCUT2D eigenvalue weighted by Crippen LogP contribution is -2.48. The van der Waals surface area contributed by atoms with Crippen molar-refractivity contribution in [3.05, 3.63) is 30.3 Å². The third-order valence-electron chi connectivity index (χ3n) is 5.08. The number of nitrogens with one attached hydrogen (secondary N) is 2. The Kier molecular flexibility index (Phi) is 7.08. The first-order valence-corrected chi connectivity index (χ1v) is 10.8. The van der Waals surface area contributed by atoms with Gasteiger partial charge in [-0.25, -0.2) is 4.79 Å². The number of nitrogens with zero attached hydrogens (tertiary/aromatic N) is 3. The Bertz CT molecular complexity index is 808. The van der Waals surface area contributed by atoms with Crippen molar-refractivity contribution in [2.45, 2.75) is 57.3 Å². The molecule has 0 radical (unpaired) electrons. The molecule has 28 heavy (non-hydrogen) atoms. The van der Waals surface area contributed by atoms with E-state index in [1.165, 1.54) is 18.2 Å². The van der Waals surface area contributed by atoms with Gasteiger partial charge in [0.15, 0.2) is 11.0 Å². The Morgan fingerprint density at radius 1 is 1.18 bits per heavy atom. The van der Waals surface area contributed by atoms with E-state index in [4.69, 9.17) is 0 Å². The Morgan fingerprint density at radius 3 is 2.64 bits per heavy atom. The average Bonchev–Trinajstić information content (AvgIpc) is 3.11. The van der Waals surface area contributed by atoms with E-state index in [1.807, 2.05) is 41.8 Å². The smallest absolute Gasteiger partial charge is 0.321 e. The number of aromatic nitrogens is 3. The van der Waals surface area contributed by atoms with Gasteiger partial charge in [0.25, 0.3) is 0 Å². The third kappa shape index (κ3) is 5.13. The van der Waals surface area contributed by atoms with Crippen LogP contribution in [0.3, 0.4) is 0 Å². The molecule has 2 unspecified atom stereocenters. The van der Waals surface area contributed by atoms with Crippen molar-refractivity contribution in [2.24, 2.45) is 5.92 Å². The molecule has 1 aromatic heterocycles. The van der Waals surface area contributed by atoms with E-state index in [-0.39, 0.29) is 17.7 Å². The zero-order valence-corrected chi connectivity index (χ0v) is 17.2. The molecular formula is C20H27N5O2S. The summed E-state index contributed by atoms with van der Waals surface area (Å²) >= 11 is 1.28. The van der Waals surface area contributed by atoms with Crippen LogP contribution in [0.1, 0.15) is 39.5 Å². The van der Waals surface area contributed by atoms with Gasteiger partial charge in [-0.3, -0.25) is 10.1 Å². The molecule has 0 bridgehead atoms. The van der Waals surface area contributed by atoms with Crippen LogP contribution < -0.4 is 10.6 Å². The van der Waals surface area contributed by atoms with Crippen molar-refractivity contribution >= 4 is 23.7 Å². The highest BCUT2D eigenvalue weighted by molar-refractivity contribution is 7.99. The maximum Gasteiger partial charge on any atom is 0.321 e. The molecular weight excluding hydrogens is 374 g/mol. The van der Waals surface area contributed by atoms with E-state index in [9.17, 15) is 9.59 Å². The van der Waals surface area contributed by atoms with Crippen LogP contribution in [0, 0.1) is 5.92 Å². The van der Waals surface area contributed by atoms with Crippen LogP contribution in [-0.2, 0) is 11.3 Å². The van der Waals surface area contributed by atoms with E-state index < -0.39 is 6.03 Å². The minimum atomic E-state index is -0.411. The fourth-order valence-corrected chi connectivity index (χ4v) is 4.31. The summed E-state index contributed by atoms with van der Waals surface area (Å²) < 4.78 is 1.97. The summed E-state index contributed by atoms with van der Waals surface area (Å²) in [6.07, 6.45) is 4.42. The second kappa shape index (κ2) is 9.73. The number of amides is 3. The second-order valence-electron chi connectivity index (χ2n) is 7.10. The number of hydrogen-bond donors (Lipinski definition) is 2. The highest BCUT2D eigenvalue weighted by Crippen LogP contribution is 2.24. The first kappa shape index (κ1) is 20.4. The standard InChI is InChI=1S/C20H27N5O2S/c1-3-25-18(15-10-5-4-6-11-15)23-24-20(25)28-13-17(26)22-19(27)21-16-12-8-7-9-14(16)2/h4-6,10-11,14,16H,3,7-9,12-13H2,1-2H3,(H2,21,22,26,27). The second-order valence-corrected chi connectivity index (χ2v) is 8.04. The van der Waals surface area contributed by atoms with Crippen molar-refractivity contribution in [1.82, 2.24) is 25.4 Å². The molecule has 1 fully saturated rings. The van der Waals surface area contributed by atoms with Crippen LogP contribution in [0.4, 0.5) is 4.79 Å². The van der Waals surface area contributed by atoms with Crippen LogP contribution in [0.25, 0.3) is 11.4 Å². The molecule has 0 spiro atoms. The van der Waals surface area contributed by atoms with Gasteiger partial charge in [-0.1, -0.05) is 61.9 Å². The number of carbonyl (C=O) groups excluding carboxylic acids is 2. The third-order valence-corrected chi connectivity index (χ3v) is 6.05. The molecule has 2 aromatic rings. The molecule has 2 N–H and O–H groups in total. The number of thioether (sulfide) groups is 1. The van der Waals surface area contributed by atoms with Crippen LogP contribution in [0.2, 0.25) is 0 Å². The van der Waals surface area contributed by atoms with Gasteiger partial charge in [-0.05, 0) is 25.7 Å². The van der Waals surface area contributed by atoms with Crippen LogP contribution in [-0.4, -0.2) is 38.5 Å². The molecule has 3 rings (SSSR count). The van der Waals surface area contributed by atoms with Crippen molar-refractivity contribution in [3.63, 3.8) is 0 Å². The number of benzene rings is 1. The van der Waals surface area contributed by atoms with E-state index in [0.717, 1.165) is 30.7 Å². The zero-order chi connectivity index (χ0) is 19.9. The number of rotatable bonds is 6. The summed E-state index contributed by atoms with van der Waals surface area (Å²) in [5.74, 6) is 0.997. The number of hydrogen-bond acceptors (Lipinski definition) is 5. The molecule has 3 amide bonds. The lowest BCUT2D eigenvalue weighted by Gasteiger charge is -2.29. The quantitative estimate of drug-likeness (QED) is 0.724. The first-order chi connectivity index (χ1) is 13.6. The van der Waals surface area contributed by atoms with Crippen molar-refractivity contribution in [1.29, 1.82) is 0 Å². The molecule has 2 atom stereocenters. The van der Waals surface area contributed by atoms with Gasteiger partial charge in [0.1, 0.15) is 0 Å². The summed E-state index contributed by atoms with van der Waals surface area (Å²) in [5.41, 5.74) is 0.981. The van der Waals surface area contributed by atoms with Gasteiger partial charge >= 0.3 is 6.03 Å². The van der Waals surface area contributed by atoms with E-state index >= 15 is 0 Å². The lowest BCUT2D eigenvalue weighted by molar-refractivity contribution is -0.117. The predicted molar refractivity (Wildman–Crippen MR) is 110 cm³/mol. The minimum absolute atomic E-state index is 0.112. The van der Waals surface area contributed by atoms with Crippen molar-refractivity contribution < 1.29 is 9.59 Å². The Balaban J connectivity index is 1.53. The van der Waals surface area contributed by atoms with E-state index in [0.29, 0.717) is 17.6 Å². The van der Waals surface area contributed by atoms with Crippen LogP contribution >= 0.6 is 11.8 Å². The minimum Gasteiger partial charge on any atom is -0.335 e. The van der Waals surface area contributed by atoms with Crippen LogP contribution in [0.15, 0.2) is 35.5 Å². The molecule has 1 aliphatic rings. The topological polar surface area (TPSA) is 88.9 Å². The Morgan fingerprint density at radius 2 is 1.93 bits per heavy atom. The molecule has 0 aliphatic heterocycles. The number of imide groups is 1. The fourth-order valence-electron chi connectivity index (χ4n) is 3.51. The van der Waals surface area contributed by atoms with Gasteiger partial charge in [-0.2, -0.15) is 0 Å². The van der Waals surface area contributed by atoms with E-state index in [1.54, 1.807) is 0 Å². The highest BCUT2D eigenvalue weighted by atomic mass is 32.2. The van der Waals surface area contributed by atoms with Gasteiger partial charge in [0.2, 0.25) is 5.91 Å². The van der Waals surface area contributed by atoms with Gasteiger partial charge in [0, 0.05) is 18.2 Å². The van der Waals surface area contributed by atoms with Gasteiger partial charge in [0.05, 0.1) is 5.75 Å². The maximum atomic E-state index is 12.2. The number of urea groups is 1. The molecule has 1 aromatic carbocycles. The summed E-state index contributed by atoms with van der Waals surface area (Å²) in [5, 5.41) is 14.5. The fraction of sp³-hybridized carbons (Fsp3) is 0.500. The van der Waals surface area contributed by atoms with Gasteiger partial charge < -0.3 is 9.88 Å². The average molecular weight is 402 g/mol. The van der Waals surface area contributed by atoms with Crippen molar-refractivity contribution in [3.8, 4) is 11.4 Å². The highest BCUT2D eigenvalue weighted by Gasteiger charge is 2.23. The molecule has 150 valence electrons.